The fourth-order valence-electron chi connectivity index (χ4n) is 3.20. The monoisotopic (exact) mass is 461 g/mol. The number of anilines is 1. The molecule has 0 saturated heterocycles. The Labute approximate surface area is 183 Å². The van der Waals surface area contributed by atoms with Crippen molar-refractivity contribution in [1.82, 2.24) is 9.97 Å². The summed E-state index contributed by atoms with van der Waals surface area (Å²) in [6, 6.07) is 11.5. The highest BCUT2D eigenvalue weighted by atomic mass is 32.1. The van der Waals surface area contributed by atoms with E-state index in [1.807, 2.05) is 0 Å². The van der Waals surface area contributed by atoms with E-state index < -0.39 is 17.8 Å². The van der Waals surface area contributed by atoms with E-state index in [1.165, 1.54) is 28.4 Å². The fourth-order valence-corrected chi connectivity index (χ4v) is 4.37. The van der Waals surface area contributed by atoms with Crippen molar-refractivity contribution in [2.75, 3.05) is 4.90 Å². The highest BCUT2D eigenvalue weighted by Crippen LogP contribution is 2.37. The Balaban J connectivity index is 1.84. The van der Waals surface area contributed by atoms with E-state index in [4.69, 9.17) is 12.2 Å². The molecule has 2 N–H and O–H groups in total. The number of nitrogens with one attached hydrogen (secondary N) is 1. The van der Waals surface area contributed by atoms with Crippen molar-refractivity contribution in [2.45, 2.75) is 12.7 Å². The molecule has 0 fully saturated rings. The number of alkyl halides is 3. The summed E-state index contributed by atoms with van der Waals surface area (Å²) in [7, 11) is 0. The second-order valence-electron chi connectivity index (χ2n) is 6.68. The molecule has 4 aromatic rings. The molecule has 0 spiro atoms. The summed E-state index contributed by atoms with van der Waals surface area (Å²) in [6.07, 6.45) is -2.45. The average Bonchev–Trinajstić information content (AvgIpc) is 3.11. The Morgan fingerprint density at radius 3 is 2.42 bits per heavy atom. The highest BCUT2D eigenvalue weighted by molar-refractivity contribution is 7.73. The number of H-pyrrole nitrogens is 1. The molecule has 2 aromatic carbocycles. The third kappa shape index (κ3) is 4.44. The first-order chi connectivity index (χ1) is 14.7. The Morgan fingerprint density at radius 2 is 1.81 bits per heavy atom. The first kappa shape index (κ1) is 21.0. The number of fused-ring (bicyclic) bond motifs is 1. The molecule has 158 valence electrons. The molecule has 1 amide bonds. The van der Waals surface area contributed by atoms with E-state index in [-0.39, 0.29) is 6.54 Å². The van der Waals surface area contributed by atoms with Crippen LogP contribution in [0.2, 0.25) is 0 Å². The topological polar surface area (TPSA) is 69.2 Å². The van der Waals surface area contributed by atoms with Crippen LogP contribution < -0.4 is 4.90 Å². The van der Waals surface area contributed by atoms with Gasteiger partial charge in [0.05, 0.1) is 22.3 Å². The van der Waals surface area contributed by atoms with Crippen molar-refractivity contribution in [3.63, 3.8) is 0 Å². The molecular formula is C21H14F3N3O2S2. The summed E-state index contributed by atoms with van der Waals surface area (Å²) >= 11 is 6.50. The summed E-state index contributed by atoms with van der Waals surface area (Å²) < 4.78 is 40.0. The van der Waals surface area contributed by atoms with Crippen LogP contribution >= 0.6 is 23.6 Å². The molecule has 5 nitrogen and oxygen atoms in total. The van der Waals surface area contributed by atoms with Gasteiger partial charge in [-0.2, -0.15) is 13.2 Å². The SMILES string of the molecule is O=C(O)N(Cc1ccncc1)c1cc(-c2ccc(C(F)(F)F)cc2)c2[nH]c(=S)sc2c1. The van der Waals surface area contributed by atoms with Crippen LogP contribution in [0.15, 0.2) is 60.9 Å². The molecule has 0 radical (unpaired) electrons. The molecular weight excluding hydrogens is 447 g/mol. The zero-order valence-corrected chi connectivity index (χ0v) is 17.3. The Morgan fingerprint density at radius 1 is 1.13 bits per heavy atom. The number of benzene rings is 2. The number of aromatic nitrogens is 2. The van der Waals surface area contributed by atoms with Crippen molar-refractivity contribution in [2.24, 2.45) is 0 Å². The normalized spacial score (nSPS) is 11.6. The second-order valence-corrected chi connectivity index (χ2v) is 8.40. The van der Waals surface area contributed by atoms with Crippen LogP contribution in [0.1, 0.15) is 11.1 Å². The Kier molecular flexibility index (Phi) is 5.50. The van der Waals surface area contributed by atoms with Gasteiger partial charge in [0.1, 0.15) is 0 Å². The quantitative estimate of drug-likeness (QED) is 0.331. The summed E-state index contributed by atoms with van der Waals surface area (Å²) in [6.45, 7) is 0.0889. The van der Waals surface area contributed by atoms with Crippen LogP contribution in [0.25, 0.3) is 21.3 Å². The first-order valence-corrected chi connectivity index (χ1v) is 10.2. The minimum atomic E-state index is -4.44. The van der Waals surface area contributed by atoms with Crippen molar-refractivity contribution in [3.05, 3.63) is 76.0 Å². The van der Waals surface area contributed by atoms with Gasteiger partial charge in [0.25, 0.3) is 0 Å². The van der Waals surface area contributed by atoms with Gasteiger partial charge in [0.15, 0.2) is 3.95 Å². The lowest BCUT2D eigenvalue weighted by atomic mass is 10.0. The van der Waals surface area contributed by atoms with E-state index in [0.717, 1.165) is 17.7 Å². The van der Waals surface area contributed by atoms with Gasteiger partial charge in [0.2, 0.25) is 0 Å². The number of hydrogen-bond donors (Lipinski definition) is 2. The lowest BCUT2D eigenvalue weighted by Crippen LogP contribution is -2.28. The smallest absolute Gasteiger partial charge is 0.416 e. The number of carbonyl (C=O) groups is 1. The predicted octanol–water partition coefficient (Wildman–Crippen LogP) is 6.72. The molecule has 0 aliphatic rings. The van der Waals surface area contributed by atoms with E-state index in [1.54, 1.807) is 36.7 Å². The van der Waals surface area contributed by atoms with Crippen LogP contribution in [0.3, 0.4) is 0 Å². The molecule has 0 atom stereocenters. The van der Waals surface area contributed by atoms with Crippen molar-refractivity contribution in [3.8, 4) is 11.1 Å². The highest BCUT2D eigenvalue weighted by Gasteiger charge is 2.30. The van der Waals surface area contributed by atoms with Crippen LogP contribution in [-0.4, -0.2) is 21.2 Å². The van der Waals surface area contributed by atoms with Crippen LogP contribution in [0.4, 0.5) is 23.7 Å². The molecule has 0 saturated carbocycles. The second kappa shape index (κ2) is 8.12. The number of amides is 1. The van der Waals surface area contributed by atoms with Gasteiger partial charge in [-0.15, -0.1) is 11.3 Å². The molecule has 10 heteroatoms. The number of thiazole rings is 1. The van der Waals surface area contributed by atoms with Gasteiger partial charge in [-0.1, -0.05) is 12.1 Å². The molecule has 0 unspecified atom stereocenters. The van der Waals surface area contributed by atoms with Gasteiger partial charge in [-0.3, -0.25) is 9.88 Å². The number of nitrogens with zero attached hydrogens (tertiary/aromatic N) is 2. The summed E-state index contributed by atoms with van der Waals surface area (Å²) in [5, 5.41) is 9.81. The van der Waals surface area contributed by atoms with E-state index in [9.17, 15) is 23.1 Å². The number of hydrogen-bond acceptors (Lipinski definition) is 4. The number of carboxylic acid groups (broad SMARTS) is 1. The third-order valence-electron chi connectivity index (χ3n) is 4.67. The van der Waals surface area contributed by atoms with Crippen LogP contribution in [0.5, 0.6) is 0 Å². The minimum absolute atomic E-state index is 0.0889. The minimum Gasteiger partial charge on any atom is -0.465 e. The molecule has 2 heterocycles. The van der Waals surface area contributed by atoms with Crippen LogP contribution in [0, 0.1) is 3.95 Å². The molecule has 0 aliphatic heterocycles. The van der Waals surface area contributed by atoms with Crippen LogP contribution in [-0.2, 0) is 12.7 Å². The third-order valence-corrected chi connectivity index (χ3v) is 5.85. The van der Waals surface area contributed by atoms with E-state index >= 15 is 0 Å². The van der Waals surface area contributed by atoms with Gasteiger partial charge in [-0.25, -0.2) is 4.79 Å². The maximum Gasteiger partial charge on any atom is 0.416 e. The van der Waals surface area contributed by atoms with Crippen molar-refractivity contribution < 1.29 is 23.1 Å². The van der Waals surface area contributed by atoms with E-state index in [2.05, 4.69) is 9.97 Å². The molecule has 4 rings (SSSR count). The number of aromatic amines is 1. The summed E-state index contributed by atoms with van der Waals surface area (Å²) in [5.74, 6) is 0. The standard InChI is InChI=1S/C21H14F3N3O2S2/c22-21(23,24)14-3-1-13(2-4-14)16-9-15(10-17-18(16)26-19(30)31-17)27(20(28)29)11-12-5-7-25-8-6-12/h1-10H,11H2,(H,26,30)(H,28,29). The van der Waals surface area contributed by atoms with Gasteiger partial charge in [-0.05, 0) is 59.7 Å². The zero-order valence-electron chi connectivity index (χ0n) is 15.7. The Bertz CT molecular complexity index is 1300. The molecule has 0 bridgehead atoms. The maximum atomic E-state index is 12.9. The summed E-state index contributed by atoms with van der Waals surface area (Å²) in [5.41, 5.74) is 2.10. The van der Waals surface area contributed by atoms with Gasteiger partial charge < -0.3 is 10.1 Å². The largest absolute Gasteiger partial charge is 0.465 e. The van der Waals surface area contributed by atoms with Gasteiger partial charge in [0, 0.05) is 23.6 Å². The van der Waals surface area contributed by atoms with Gasteiger partial charge >= 0.3 is 12.3 Å². The van der Waals surface area contributed by atoms with Crippen molar-refractivity contribution in [1.29, 1.82) is 0 Å². The number of halogens is 3. The lowest BCUT2D eigenvalue weighted by molar-refractivity contribution is -0.137. The Hall–Kier alpha value is -3.24. The fraction of sp³-hybridized carbons (Fsp3) is 0.0952. The predicted molar refractivity (Wildman–Crippen MR) is 116 cm³/mol. The number of rotatable bonds is 4. The van der Waals surface area contributed by atoms with Crippen molar-refractivity contribution >= 4 is 45.6 Å². The molecule has 2 aromatic heterocycles. The molecule has 31 heavy (non-hydrogen) atoms. The maximum absolute atomic E-state index is 12.9. The first-order valence-electron chi connectivity index (χ1n) is 8.96. The lowest BCUT2D eigenvalue weighted by Gasteiger charge is -2.21. The zero-order chi connectivity index (χ0) is 22.2. The summed E-state index contributed by atoms with van der Waals surface area (Å²) in [4.78, 5) is 20.2. The number of pyridine rings is 1. The average molecular weight is 461 g/mol. The molecule has 0 aliphatic carbocycles. The van der Waals surface area contributed by atoms with E-state index in [0.29, 0.717) is 31.0 Å².